The lowest BCUT2D eigenvalue weighted by molar-refractivity contribution is 0.0923. The molecular formula is C25H25N5O3. The van der Waals surface area contributed by atoms with Gasteiger partial charge in [-0.15, -0.1) is 0 Å². The number of carbonyl (C=O) groups is 1. The van der Waals surface area contributed by atoms with Crippen LogP contribution in [0.5, 0.6) is 0 Å². The molecule has 1 aliphatic heterocycles. The van der Waals surface area contributed by atoms with E-state index in [0.29, 0.717) is 29.8 Å². The zero-order valence-corrected chi connectivity index (χ0v) is 18.3. The van der Waals surface area contributed by atoms with Crippen LogP contribution in [0.3, 0.4) is 0 Å². The molecule has 168 valence electrons. The smallest absolute Gasteiger partial charge is 0.267 e. The van der Waals surface area contributed by atoms with Crippen LogP contribution in [0.15, 0.2) is 65.6 Å². The summed E-state index contributed by atoms with van der Waals surface area (Å²) in [6, 6.07) is 16.2. The number of nitrogens with zero attached hydrogens (tertiary/aromatic N) is 3. The zero-order valence-electron chi connectivity index (χ0n) is 18.3. The Morgan fingerprint density at radius 2 is 2.03 bits per heavy atom. The molecule has 33 heavy (non-hydrogen) atoms. The number of rotatable bonds is 5. The summed E-state index contributed by atoms with van der Waals surface area (Å²) in [5.74, 6) is -0.406. The first-order chi connectivity index (χ1) is 16.0. The van der Waals surface area contributed by atoms with Crippen molar-refractivity contribution in [2.75, 3.05) is 6.61 Å². The lowest BCUT2D eigenvalue weighted by Gasteiger charge is -2.19. The molecule has 0 unspecified atom stereocenters. The fraction of sp³-hybridized carbons (Fsp3) is 0.280. The topological polar surface area (TPSA) is 101 Å². The van der Waals surface area contributed by atoms with E-state index in [-0.39, 0.29) is 28.8 Å². The number of nitrogens with one attached hydrogen (secondary N) is 2. The minimum Gasteiger partial charge on any atom is -0.376 e. The summed E-state index contributed by atoms with van der Waals surface area (Å²) >= 11 is 0. The van der Waals surface area contributed by atoms with Crippen LogP contribution >= 0.6 is 0 Å². The molecule has 0 bridgehead atoms. The number of pyridine rings is 2. The van der Waals surface area contributed by atoms with Crippen molar-refractivity contribution < 1.29 is 9.53 Å². The van der Waals surface area contributed by atoms with Crippen molar-refractivity contribution in [2.24, 2.45) is 0 Å². The molecule has 0 spiro atoms. The largest absolute Gasteiger partial charge is 0.376 e. The highest BCUT2D eigenvalue weighted by Gasteiger charge is 2.22. The van der Waals surface area contributed by atoms with Crippen molar-refractivity contribution in [1.82, 2.24) is 19.3 Å². The van der Waals surface area contributed by atoms with Crippen LogP contribution in [-0.4, -0.2) is 32.6 Å². The van der Waals surface area contributed by atoms with Gasteiger partial charge >= 0.3 is 0 Å². The van der Waals surface area contributed by atoms with Gasteiger partial charge in [-0.05, 0) is 43.5 Å². The molecule has 2 N–H and O–H groups in total. The third kappa shape index (κ3) is 3.93. The molecular weight excluding hydrogens is 418 g/mol. The van der Waals surface area contributed by atoms with E-state index < -0.39 is 5.91 Å². The maximum absolute atomic E-state index is 13.3. The van der Waals surface area contributed by atoms with E-state index in [9.17, 15) is 9.59 Å². The summed E-state index contributed by atoms with van der Waals surface area (Å²) in [5.41, 5.74) is 1.71. The first kappa shape index (κ1) is 21.1. The highest BCUT2D eigenvalue weighted by Crippen LogP contribution is 2.17. The maximum atomic E-state index is 13.3. The molecule has 0 saturated carbocycles. The van der Waals surface area contributed by atoms with E-state index >= 15 is 0 Å². The molecule has 3 aromatic heterocycles. The van der Waals surface area contributed by atoms with E-state index in [2.05, 4.69) is 10.3 Å². The van der Waals surface area contributed by atoms with Crippen molar-refractivity contribution >= 4 is 22.6 Å². The van der Waals surface area contributed by atoms with Crippen LogP contribution in [0.2, 0.25) is 0 Å². The third-order valence-electron chi connectivity index (χ3n) is 6.12. The fourth-order valence-corrected chi connectivity index (χ4v) is 4.33. The first-order valence-corrected chi connectivity index (χ1v) is 11.1. The Labute approximate surface area is 190 Å². The lowest BCUT2D eigenvalue weighted by atomic mass is 10.1. The van der Waals surface area contributed by atoms with Crippen LogP contribution in [-0.2, 0) is 11.3 Å². The fourth-order valence-electron chi connectivity index (χ4n) is 4.33. The van der Waals surface area contributed by atoms with Gasteiger partial charge in [-0.1, -0.05) is 36.4 Å². The molecule has 2 atom stereocenters. The minimum atomic E-state index is -0.406. The molecule has 1 amide bonds. The van der Waals surface area contributed by atoms with Crippen molar-refractivity contribution in [3.8, 4) is 0 Å². The highest BCUT2D eigenvalue weighted by atomic mass is 16.5. The summed E-state index contributed by atoms with van der Waals surface area (Å²) in [6.45, 7) is 2.92. The van der Waals surface area contributed by atoms with E-state index in [4.69, 9.17) is 10.1 Å². The Morgan fingerprint density at radius 1 is 1.24 bits per heavy atom. The normalized spacial score (nSPS) is 16.8. The van der Waals surface area contributed by atoms with Gasteiger partial charge in [0.15, 0.2) is 0 Å². The average Bonchev–Trinajstić information content (AvgIpc) is 3.35. The Bertz CT molecular complexity index is 1450. The van der Waals surface area contributed by atoms with Crippen molar-refractivity contribution in [3.63, 3.8) is 0 Å². The molecule has 1 fully saturated rings. The Morgan fingerprint density at radius 3 is 2.79 bits per heavy atom. The van der Waals surface area contributed by atoms with Gasteiger partial charge in [0.25, 0.3) is 11.5 Å². The minimum absolute atomic E-state index is 0.0166. The van der Waals surface area contributed by atoms with Crippen LogP contribution in [0.4, 0.5) is 0 Å². The predicted molar refractivity (Wildman–Crippen MR) is 124 cm³/mol. The van der Waals surface area contributed by atoms with Gasteiger partial charge in [0.1, 0.15) is 16.8 Å². The second kappa shape index (κ2) is 8.63. The molecule has 8 nitrogen and oxygen atoms in total. The summed E-state index contributed by atoms with van der Waals surface area (Å²) in [4.78, 5) is 31.2. The molecule has 4 aromatic rings. The number of hydrogen-bond acceptors (Lipinski definition) is 5. The number of hydrogen-bond donors (Lipinski definition) is 2. The van der Waals surface area contributed by atoms with Crippen molar-refractivity contribution in [2.45, 2.75) is 38.5 Å². The zero-order chi connectivity index (χ0) is 22.9. The quantitative estimate of drug-likeness (QED) is 0.463. The van der Waals surface area contributed by atoms with Gasteiger partial charge in [0.05, 0.1) is 29.6 Å². The number of amides is 1. The first-order valence-electron chi connectivity index (χ1n) is 11.1. The molecule has 1 aliphatic rings. The second-order valence-corrected chi connectivity index (χ2v) is 8.34. The summed E-state index contributed by atoms with van der Waals surface area (Å²) < 4.78 is 8.88. The lowest BCUT2D eigenvalue weighted by Crippen LogP contribution is -2.37. The summed E-state index contributed by atoms with van der Waals surface area (Å²) in [7, 11) is 0. The van der Waals surface area contributed by atoms with Crippen molar-refractivity contribution in [1.29, 1.82) is 5.41 Å². The standard InChI is InChI=1S/C25H25N5O3/c1-16(17-8-3-2-4-9-17)27-24(31)19-14-20-23(28-21-11-5-6-12-29(21)25(20)32)30(22(19)26)15-18-10-7-13-33-18/h2-6,8-9,11-12,14,16,18,26H,7,10,13,15H2,1H3,(H,27,31)/t16-,18-/m0/s1. The maximum Gasteiger partial charge on any atom is 0.267 e. The third-order valence-corrected chi connectivity index (χ3v) is 6.12. The van der Waals surface area contributed by atoms with Crippen molar-refractivity contribution in [3.05, 3.63) is 87.8 Å². The number of aromatic nitrogens is 3. The van der Waals surface area contributed by atoms with Gasteiger partial charge in [0.2, 0.25) is 0 Å². The van der Waals surface area contributed by atoms with Gasteiger partial charge in [-0.3, -0.25) is 19.4 Å². The van der Waals surface area contributed by atoms with Crippen LogP contribution in [0.1, 0.15) is 41.7 Å². The van der Waals surface area contributed by atoms with Gasteiger partial charge in [0, 0.05) is 12.8 Å². The van der Waals surface area contributed by atoms with Crippen LogP contribution in [0, 0.1) is 5.41 Å². The number of benzene rings is 1. The van der Waals surface area contributed by atoms with Crippen LogP contribution in [0.25, 0.3) is 16.7 Å². The number of carbonyl (C=O) groups excluding carboxylic acids is 1. The molecule has 1 saturated heterocycles. The SMILES string of the molecule is C[C@H](NC(=O)c1cc2c(=O)n3ccccc3nc2n(C[C@@H]2CCCO2)c1=N)c1ccccc1. The number of fused-ring (bicyclic) bond motifs is 2. The van der Waals surface area contributed by atoms with Crippen LogP contribution < -0.4 is 16.4 Å². The van der Waals surface area contributed by atoms with E-state index in [1.807, 2.05) is 43.3 Å². The molecule has 8 heteroatoms. The highest BCUT2D eigenvalue weighted by molar-refractivity contribution is 5.97. The molecule has 0 radical (unpaired) electrons. The average molecular weight is 444 g/mol. The van der Waals surface area contributed by atoms with Gasteiger partial charge < -0.3 is 14.6 Å². The Balaban J connectivity index is 1.65. The summed E-state index contributed by atoms with van der Waals surface area (Å²) in [5, 5.41) is 12.1. The van der Waals surface area contributed by atoms with Gasteiger partial charge in [-0.25, -0.2) is 4.98 Å². The molecule has 4 heterocycles. The predicted octanol–water partition coefficient (Wildman–Crippen LogP) is 2.80. The van der Waals surface area contributed by atoms with E-state index in [1.54, 1.807) is 22.9 Å². The molecule has 1 aromatic carbocycles. The summed E-state index contributed by atoms with van der Waals surface area (Å²) in [6.07, 6.45) is 3.38. The Hall–Kier alpha value is -3.78. The molecule has 0 aliphatic carbocycles. The van der Waals surface area contributed by atoms with E-state index in [0.717, 1.165) is 18.4 Å². The van der Waals surface area contributed by atoms with E-state index in [1.165, 1.54) is 10.5 Å². The number of ether oxygens (including phenoxy) is 1. The second-order valence-electron chi connectivity index (χ2n) is 8.34. The monoisotopic (exact) mass is 443 g/mol. The van der Waals surface area contributed by atoms with Gasteiger partial charge in [-0.2, -0.15) is 0 Å². The molecule has 5 rings (SSSR count). The Kier molecular flexibility index (Phi) is 5.51.